The van der Waals surface area contributed by atoms with E-state index in [1.807, 2.05) is 0 Å². The predicted molar refractivity (Wildman–Crippen MR) is 74.5 cm³/mol. The van der Waals surface area contributed by atoms with E-state index in [1.54, 1.807) is 4.31 Å². The second-order valence-corrected chi connectivity index (χ2v) is 7.04. The third-order valence-corrected chi connectivity index (χ3v) is 5.77. The van der Waals surface area contributed by atoms with Crippen molar-refractivity contribution in [3.05, 3.63) is 24.3 Å². The maximum atomic E-state index is 12.5. The molecule has 0 aliphatic carbocycles. The van der Waals surface area contributed by atoms with Crippen LogP contribution in [0, 0.1) is 5.92 Å². The van der Waals surface area contributed by atoms with Crippen molar-refractivity contribution in [2.45, 2.75) is 37.5 Å². The fourth-order valence-electron chi connectivity index (χ4n) is 2.55. The summed E-state index contributed by atoms with van der Waals surface area (Å²) in [6.45, 7) is 3.36. The first-order valence-electron chi connectivity index (χ1n) is 6.83. The van der Waals surface area contributed by atoms with Crippen LogP contribution in [-0.2, 0) is 10.0 Å². The van der Waals surface area contributed by atoms with Crippen LogP contribution in [0.1, 0.15) is 32.6 Å². The molecular formula is C14H21NO3S. The minimum Gasteiger partial charge on any atom is -0.508 e. The fourth-order valence-corrected chi connectivity index (χ4v) is 4.05. The van der Waals surface area contributed by atoms with Gasteiger partial charge in [-0.05, 0) is 49.4 Å². The number of hydrogen-bond acceptors (Lipinski definition) is 3. The van der Waals surface area contributed by atoms with Crippen LogP contribution in [0.5, 0.6) is 5.75 Å². The molecule has 2 rings (SSSR count). The Kier molecular flexibility index (Phi) is 4.47. The Morgan fingerprint density at radius 2 is 1.89 bits per heavy atom. The maximum absolute atomic E-state index is 12.5. The van der Waals surface area contributed by atoms with E-state index in [-0.39, 0.29) is 10.6 Å². The van der Waals surface area contributed by atoms with Crippen LogP contribution < -0.4 is 0 Å². The Morgan fingerprint density at radius 3 is 2.53 bits per heavy atom. The van der Waals surface area contributed by atoms with Crippen molar-refractivity contribution in [2.24, 2.45) is 5.92 Å². The number of hydrogen-bond donors (Lipinski definition) is 1. The number of phenols is 1. The van der Waals surface area contributed by atoms with Gasteiger partial charge >= 0.3 is 0 Å². The van der Waals surface area contributed by atoms with Crippen LogP contribution in [0.25, 0.3) is 0 Å². The van der Waals surface area contributed by atoms with E-state index in [1.165, 1.54) is 24.3 Å². The van der Waals surface area contributed by atoms with Crippen LogP contribution >= 0.6 is 0 Å². The van der Waals surface area contributed by atoms with Gasteiger partial charge in [0.25, 0.3) is 0 Å². The van der Waals surface area contributed by atoms with Gasteiger partial charge in [-0.1, -0.05) is 13.3 Å². The SMILES string of the molecule is CCC1CCCN(S(=O)(=O)c2ccc(O)cc2)CC1. The lowest BCUT2D eigenvalue weighted by molar-refractivity contribution is 0.407. The molecule has 19 heavy (non-hydrogen) atoms. The van der Waals surface area contributed by atoms with Gasteiger partial charge in [0.05, 0.1) is 4.90 Å². The Hall–Kier alpha value is -1.07. The predicted octanol–water partition coefficient (Wildman–Crippen LogP) is 2.59. The molecule has 1 N–H and O–H groups in total. The van der Waals surface area contributed by atoms with Crippen molar-refractivity contribution >= 4 is 10.0 Å². The number of nitrogens with zero attached hydrogens (tertiary/aromatic N) is 1. The molecule has 1 heterocycles. The van der Waals surface area contributed by atoms with Gasteiger partial charge < -0.3 is 5.11 Å². The molecule has 1 aromatic carbocycles. The third kappa shape index (κ3) is 3.28. The number of sulfonamides is 1. The standard InChI is InChI=1S/C14H21NO3S/c1-2-12-4-3-10-15(11-9-12)19(17,18)14-7-5-13(16)6-8-14/h5-8,12,16H,2-4,9-11H2,1H3. The summed E-state index contributed by atoms with van der Waals surface area (Å²) in [5.74, 6) is 0.723. The number of phenolic OH excluding ortho intramolecular Hbond substituents is 1. The Labute approximate surface area is 115 Å². The molecule has 1 saturated heterocycles. The molecule has 0 radical (unpaired) electrons. The zero-order valence-corrected chi connectivity index (χ0v) is 12.1. The smallest absolute Gasteiger partial charge is 0.243 e. The van der Waals surface area contributed by atoms with Gasteiger partial charge in [-0.3, -0.25) is 0 Å². The first kappa shape index (κ1) is 14.3. The van der Waals surface area contributed by atoms with Gasteiger partial charge in [-0.2, -0.15) is 4.31 Å². The van der Waals surface area contributed by atoms with Crippen LogP contribution in [0.15, 0.2) is 29.2 Å². The minimum absolute atomic E-state index is 0.0841. The number of aromatic hydroxyl groups is 1. The summed E-state index contributed by atoms with van der Waals surface area (Å²) >= 11 is 0. The minimum atomic E-state index is -3.41. The number of benzene rings is 1. The average Bonchev–Trinajstić information content (AvgIpc) is 2.65. The molecule has 106 valence electrons. The lowest BCUT2D eigenvalue weighted by Gasteiger charge is -2.20. The van der Waals surface area contributed by atoms with E-state index in [9.17, 15) is 13.5 Å². The van der Waals surface area contributed by atoms with Crippen molar-refractivity contribution in [2.75, 3.05) is 13.1 Å². The van der Waals surface area contributed by atoms with Gasteiger partial charge in [0.1, 0.15) is 5.75 Å². The van der Waals surface area contributed by atoms with Crippen molar-refractivity contribution in [1.29, 1.82) is 0 Å². The highest BCUT2D eigenvalue weighted by Crippen LogP contribution is 2.25. The largest absolute Gasteiger partial charge is 0.508 e. The van der Waals surface area contributed by atoms with E-state index in [0.29, 0.717) is 19.0 Å². The molecule has 1 atom stereocenters. The van der Waals surface area contributed by atoms with Crippen molar-refractivity contribution in [3.8, 4) is 5.75 Å². The summed E-state index contributed by atoms with van der Waals surface area (Å²) in [7, 11) is -3.41. The summed E-state index contributed by atoms with van der Waals surface area (Å²) in [6.07, 6.45) is 4.09. The second kappa shape index (κ2) is 5.92. The molecule has 4 nitrogen and oxygen atoms in total. The lowest BCUT2D eigenvalue weighted by Crippen LogP contribution is -2.32. The third-order valence-electron chi connectivity index (χ3n) is 3.86. The Bertz CT molecular complexity index is 510. The highest BCUT2D eigenvalue weighted by Gasteiger charge is 2.26. The second-order valence-electron chi connectivity index (χ2n) is 5.10. The van der Waals surface area contributed by atoms with Gasteiger partial charge in [-0.15, -0.1) is 0 Å². The average molecular weight is 283 g/mol. The normalized spacial score (nSPS) is 22.1. The van der Waals surface area contributed by atoms with Crippen LogP contribution in [-0.4, -0.2) is 30.9 Å². The Balaban J connectivity index is 2.17. The van der Waals surface area contributed by atoms with E-state index in [0.717, 1.165) is 25.7 Å². The van der Waals surface area contributed by atoms with Crippen LogP contribution in [0.3, 0.4) is 0 Å². The molecule has 0 aromatic heterocycles. The molecule has 0 spiro atoms. The van der Waals surface area contributed by atoms with E-state index in [4.69, 9.17) is 0 Å². The summed E-state index contributed by atoms with van der Waals surface area (Å²) < 4.78 is 26.6. The van der Waals surface area contributed by atoms with Crippen LogP contribution in [0.4, 0.5) is 0 Å². The van der Waals surface area contributed by atoms with Crippen molar-refractivity contribution in [3.63, 3.8) is 0 Å². The monoisotopic (exact) mass is 283 g/mol. The highest BCUT2D eigenvalue weighted by atomic mass is 32.2. The Morgan fingerprint density at radius 1 is 1.21 bits per heavy atom. The molecule has 5 heteroatoms. The quantitative estimate of drug-likeness (QED) is 0.927. The van der Waals surface area contributed by atoms with Gasteiger partial charge in [0.2, 0.25) is 10.0 Å². The van der Waals surface area contributed by atoms with Gasteiger partial charge in [-0.25, -0.2) is 8.42 Å². The molecule has 1 aromatic rings. The van der Waals surface area contributed by atoms with Gasteiger partial charge in [0, 0.05) is 13.1 Å². The van der Waals surface area contributed by atoms with Crippen molar-refractivity contribution in [1.82, 2.24) is 4.31 Å². The first-order chi connectivity index (χ1) is 9.04. The van der Waals surface area contributed by atoms with Gasteiger partial charge in [0.15, 0.2) is 0 Å². The molecular weight excluding hydrogens is 262 g/mol. The first-order valence-corrected chi connectivity index (χ1v) is 8.27. The number of rotatable bonds is 3. The summed E-state index contributed by atoms with van der Waals surface area (Å²) in [6, 6.07) is 5.76. The topological polar surface area (TPSA) is 57.6 Å². The zero-order valence-electron chi connectivity index (χ0n) is 11.2. The fraction of sp³-hybridized carbons (Fsp3) is 0.571. The summed E-state index contributed by atoms with van der Waals surface area (Å²) in [5, 5.41) is 9.24. The molecule has 1 aliphatic heterocycles. The maximum Gasteiger partial charge on any atom is 0.243 e. The van der Waals surface area contributed by atoms with E-state index >= 15 is 0 Å². The summed E-state index contributed by atoms with van der Waals surface area (Å²) in [4.78, 5) is 0.264. The summed E-state index contributed by atoms with van der Waals surface area (Å²) in [5.41, 5.74) is 0. The lowest BCUT2D eigenvalue weighted by atomic mass is 9.98. The van der Waals surface area contributed by atoms with E-state index in [2.05, 4.69) is 6.92 Å². The molecule has 1 fully saturated rings. The van der Waals surface area contributed by atoms with E-state index < -0.39 is 10.0 Å². The van der Waals surface area contributed by atoms with Crippen LogP contribution in [0.2, 0.25) is 0 Å². The molecule has 0 amide bonds. The molecule has 0 bridgehead atoms. The molecule has 1 aliphatic rings. The molecule has 0 saturated carbocycles. The van der Waals surface area contributed by atoms with Crippen molar-refractivity contribution < 1.29 is 13.5 Å². The molecule has 1 unspecified atom stereocenters. The zero-order chi connectivity index (χ0) is 13.9. The highest BCUT2D eigenvalue weighted by molar-refractivity contribution is 7.89.